The van der Waals surface area contributed by atoms with E-state index in [1.54, 1.807) is 24.3 Å². The van der Waals surface area contributed by atoms with Crippen molar-refractivity contribution in [2.75, 3.05) is 18.6 Å². The van der Waals surface area contributed by atoms with Crippen molar-refractivity contribution in [3.8, 4) is 0 Å². The van der Waals surface area contributed by atoms with Gasteiger partial charge in [-0.15, -0.1) is 0 Å². The van der Waals surface area contributed by atoms with Crippen LogP contribution in [-0.4, -0.2) is 45.1 Å². The van der Waals surface area contributed by atoms with Gasteiger partial charge in [0, 0.05) is 6.42 Å². The Kier molecular flexibility index (Phi) is 5.49. The number of hydrazone groups is 1. The number of hydrogen-bond donors (Lipinski definition) is 1. The van der Waals surface area contributed by atoms with Gasteiger partial charge in [-0.2, -0.15) is 5.10 Å². The summed E-state index contributed by atoms with van der Waals surface area (Å²) in [5, 5.41) is 3.82. The van der Waals surface area contributed by atoms with Gasteiger partial charge in [-0.05, 0) is 30.0 Å². The fraction of sp³-hybridized carbons (Fsp3) is 0.400. The Morgan fingerprint density at radius 2 is 2.04 bits per heavy atom. The van der Waals surface area contributed by atoms with E-state index in [9.17, 15) is 18.0 Å². The molecule has 2 rings (SSSR count). The molecule has 7 nitrogen and oxygen atoms in total. The monoisotopic (exact) mass is 338 g/mol. The molecule has 1 aliphatic heterocycles. The number of carbonyl (C=O) groups excluding carboxylic acids is 2. The maximum atomic E-state index is 11.7. The topological polar surface area (TPSA) is 102 Å². The molecule has 124 valence electrons. The molecule has 0 aliphatic carbocycles. The number of rotatable bonds is 5. The highest BCUT2D eigenvalue weighted by atomic mass is 32.2. The number of benzene rings is 1. The Bertz CT molecular complexity index is 710. The summed E-state index contributed by atoms with van der Waals surface area (Å²) in [5.74, 6) is -0.641. The van der Waals surface area contributed by atoms with Crippen molar-refractivity contribution < 1.29 is 22.7 Å². The zero-order valence-electron chi connectivity index (χ0n) is 12.7. The normalized spacial score (nSPS) is 19.6. The van der Waals surface area contributed by atoms with Crippen LogP contribution in [0, 0.1) is 5.92 Å². The summed E-state index contributed by atoms with van der Waals surface area (Å²) in [6, 6.07) is 6.54. The molecule has 1 heterocycles. The fourth-order valence-corrected chi connectivity index (χ4v) is 4.20. The number of nitrogens with zero attached hydrogens (tertiary/aromatic N) is 1. The first-order valence-corrected chi connectivity index (χ1v) is 8.92. The summed E-state index contributed by atoms with van der Waals surface area (Å²) in [7, 11) is -1.67. The van der Waals surface area contributed by atoms with E-state index in [1.807, 2.05) is 0 Å². The molecule has 1 aromatic carbocycles. The third-order valence-corrected chi connectivity index (χ3v) is 5.37. The minimum atomic E-state index is -2.97. The van der Waals surface area contributed by atoms with Crippen LogP contribution in [0.5, 0.6) is 0 Å². The lowest BCUT2D eigenvalue weighted by atomic mass is 10.1. The van der Waals surface area contributed by atoms with E-state index in [0.717, 1.165) is 0 Å². The van der Waals surface area contributed by atoms with Gasteiger partial charge in [0.1, 0.15) is 0 Å². The van der Waals surface area contributed by atoms with Gasteiger partial charge in [-0.3, -0.25) is 4.79 Å². The highest BCUT2D eigenvalue weighted by Crippen LogP contribution is 2.21. The van der Waals surface area contributed by atoms with E-state index in [-0.39, 0.29) is 29.8 Å². The van der Waals surface area contributed by atoms with Crippen molar-refractivity contribution in [1.29, 1.82) is 0 Å². The molecule has 1 amide bonds. The summed E-state index contributed by atoms with van der Waals surface area (Å²) in [4.78, 5) is 23.0. The van der Waals surface area contributed by atoms with Crippen LogP contribution >= 0.6 is 0 Å². The summed E-state index contributed by atoms with van der Waals surface area (Å²) < 4.78 is 27.2. The van der Waals surface area contributed by atoms with Gasteiger partial charge in [-0.25, -0.2) is 18.6 Å². The molecule has 23 heavy (non-hydrogen) atoms. The number of sulfone groups is 1. The summed E-state index contributed by atoms with van der Waals surface area (Å²) >= 11 is 0. The molecule has 1 atom stereocenters. The van der Waals surface area contributed by atoms with E-state index in [1.165, 1.54) is 13.3 Å². The van der Waals surface area contributed by atoms with Crippen LogP contribution in [0.2, 0.25) is 0 Å². The number of amides is 1. The van der Waals surface area contributed by atoms with Crippen LogP contribution in [0.4, 0.5) is 0 Å². The lowest BCUT2D eigenvalue weighted by Gasteiger charge is -2.05. The molecular formula is C15H18N2O5S. The molecule has 1 saturated heterocycles. The highest BCUT2D eigenvalue weighted by molar-refractivity contribution is 7.91. The molecule has 0 radical (unpaired) electrons. The van der Waals surface area contributed by atoms with Crippen molar-refractivity contribution in [3.63, 3.8) is 0 Å². The lowest BCUT2D eigenvalue weighted by Crippen LogP contribution is -2.21. The molecule has 1 fully saturated rings. The Morgan fingerprint density at radius 3 is 2.61 bits per heavy atom. The van der Waals surface area contributed by atoms with E-state index >= 15 is 0 Å². The number of carbonyl (C=O) groups is 2. The molecule has 0 bridgehead atoms. The fourth-order valence-electron chi connectivity index (χ4n) is 2.34. The van der Waals surface area contributed by atoms with E-state index < -0.39 is 15.8 Å². The number of esters is 1. The second-order valence-electron chi connectivity index (χ2n) is 5.38. The minimum Gasteiger partial charge on any atom is -0.465 e. The van der Waals surface area contributed by atoms with Crippen molar-refractivity contribution in [1.82, 2.24) is 5.43 Å². The van der Waals surface area contributed by atoms with Crippen LogP contribution in [-0.2, 0) is 19.4 Å². The zero-order chi connectivity index (χ0) is 16.9. The number of nitrogens with one attached hydrogen (secondary N) is 1. The standard InChI is InChI=1S/C15H18N2O5S/c1-22-15(19)13-4-2-11(3-5-13)9-16-17-14(18)8-12-6-7-23(20,21)10-12/h2-5,9,12H,6-8,10H2,1H3,(H,17,18)/b16-9-/t12-/m0/s1. The van der Waals surface area contributed by atoms with Crippen molar-refractivity contribution in [2.45, 2.75) is 12.8 Å². The molecule has 0 unspecified atom stereocenters. The van der Waals surface area contributed by atoms with Gasteiger partial charge >= 0.3 is 5.97 Å². The predicted molar refractivity (Wildman–Crippen MR) is 84.9 cm³/mol. The van der Waals surface area contributed by atoms with E-state index in [0.29, 0.717) is 17.5 Å². The maximum Gasteiger partial charge on any atom is 0.337 e. The first kappa shape index (κ1) is 17.1. The van der Waals surface area contributed by atoms with Crippen LogP contribution < -0.4 is 5.43 Å². The second-order valence-corrected chi connectivity index (χ2v) is 7.61. The Labute approximate surface area is 134 Å². The van der Waals surface area contributed by atoms with Gasteiger partial charge in [0.25, 0.3) is 0 Å². The van der Waals surface area contributed by atoms with Gasteiger partial charge in [0.2, 0.25) is 5.91 Å². The molecule has 0 aromatic heterocycles. The third-order valence-electron chi connectivity index (χ3n) is 3.54. The summed E-state index contributed by atoms with van der Waals surface area (Å²) in [6.07, 6.45) is 2.12. The van der Waals surface area contributed by atoms with Crippen molar-refractivity contribution >= 4 is 27.9 Å². The second kappa shape index (κ2) is 7.36. The van der Waals surface area contributed by atoms with Crippen LogP contribution in [0.15, 0.2) is 29.4 Å². The van der Waals surface area contributed by atoms with E-state index in [4.69, 9.17) is 0 Å². The maximum absolute atomic E-state index is 11.7. The van der Waals surface area contributed by atoms with Crippen LogP contribution in [0.3, 0.4) is 0 Å². The quantitative estimate of drug-likeness (QED) is 0.485. The lowest BCUT2D eigenvalue weighted by molar-refractivity contribution is -0.121. The number of methoxy groups -OCH3 is 1. The molecular weight excluding hydrogens is 320 g/mol. The molecule has 8 heteroatoms. The third kappa shape index (κ3) is 5.17. The average molecular weight is 338 g/mol. The minimum absolute atomic E-state index is 0.0686. The van der Waals surface area contributed by atoms with Crippen molar-refractivity contribution in [3.05, 3.63) is 35.4 Å². The van der Waals surface area contributed by atoms with Crippen LogP contribution in [0.1, 0.15) is 28.8 Å². The van der Waals surface area contributed by atoms with Gasteiger partial charge in [0.05, 0.1) is 30.4 Å². The van der Waals surface area contributed by atoms with E-state index in [2.05, 4.69) is 15.3 Å². The molecule has 0 spiro atoms. The molecule has 0 saturated carbocycles. The smallest absolute Gasteiger partial charge is 0.337 e. The first-order chi connectivity index (χ1) is 10.9. The summed E-state index contributed by atoms with van der Waals surface area (Å²) in [5.41, 5.74) is 3.51. The molecule has 1 N–H and O–H groups in total. The zero-order valence-corrected chi connectivity index (χ0v) is 13.5. The number of ether oxygens (including phenoxy) is 1. The molecule has 1 aliphatic rings. The largest absolute Gasteiger partial charge is 0.465 e. The highest BCUT2D eigenvalue weighted by Gasteiger charge is 2.29. The Hall–Kier alpha value is -2.22. The Morgan fingerprint density at radius 1 is 1.35 bits per heavy atom. The van der Waals surface area contributed by atoms with Gasteiger partial charge in [-0.1, -0.05) is 12.1 Å². The van der Waals surface area contributed by atoms with Crippen LogP contribution in [0.25, 0.3) is 0 Å². The summed E-state index contributed by atoms with van der Waals surface area (Å²) in [6.45, 7) is 0. The Balaban J connectivity index is 1.82. The SMILES string of the molecule is COC(=O)c1ccc(/C=N\NC(=O)C[C@@H]2CCS(=O)(=O)C2)cc1. The van der Waals surface area contributed by atoms with Gasteiger partial charge < -0.3 is 4.74 Å². The first-order valence-electron chi connectivity index (χ1n) is 7.10. The van der Waals surface area contributed by atoms with Crippen molar-refractivity contribution in [2.24, 2.45) is 11.0 Å². The molecule has 1 aromatic rings. The number of hydrogen-bond acceptors (Lipinski definition) is 6. The van der Waals surface area contributed by atoms with Gasteiger partial charge in [0.15, 0.2) is 9.84 Å². The predicted octanol–water partition coefficient (Wildman–Crippen LogP) is 0.748. The average Bonchev–Trinajstić information content (AvgIpc) is 2.86.